The number of aliphatic carboxylic acids is 1. The smallest absolute Gasteiger partial charge is 0.326 e. The number of carbonyl (C=O) groups excluding carboxylic acids is 2. The van der Waals surface area contributed by atoms with E-state index >= 15 is 0 Å². The number of carboxylic acids is 1. The minimum Gasteiger partial charge on any atom is -0.507 e. The zero-order valence-corrected chi connectivity index (χ0v) is 10.3. The number of carbonyl (C=O) groups is 3. The molecule has 20 heavy (non-hydrogen) atoms. The average Bonchev–Trinajstić information content (AvgIpc) is 2.36. The number of benzene rings is 1. The summed E-state index contributed by atoms with van der Waals surface area (Å²) in [6.07, 6.45) is -0.432. The van der Waals surface area contributed by atoms with Gasteiger partial charge in [-0.15, -0.1) is 0 Å². The average molecular weight is 284 g/mol. The summed E-state index contributed by atoms with van der Waals surface area (Å²) in [5.74, 6) is -4.27. The molecule has 0 spiro atoms. The van der Waals surface area contributed by atoms with Crippen molar-refractivity contribution in [3.63, 3.8) is 0 Å². The van der Waals surface area contributed by atoms with E-state index in [-0.39, 0.29) is 12.8 Å². The Labute approximate surface area is 113 Å². The van der Waals surface area contributed by atoms with Crippen LogP contribution in [0, 0.1) is 5.82 Å². The number of aromatic hydroxyl groups is 1. The first kappa shape index (κ1) is 15.4. The van der Waals surface area contributed by atoms with Crippen LogP contribution in [0.1, 0.15) is 23.2 Å². The molecule has 0 bridgehead atoms. The SMILES string of the molecule is NC(=O)CC[C@@H](NC(=O)c1cc(F)ccc1O)C(=O)O. The van der Waals surface area contributed by atoms with Crippen molar-refractivity contribution in [1.82, 2.24) is 5.32 Å². The number of rotatable bonds is 6. The molecule has 0 aromatic heterocycles. The van der Waals surface area contributed by atoms with E-state index in [2.05, 4.69) is 5.32 Å². The summed E-state index contributed by atoms with van der Waals surface area (Å²) < 4.78 is 13.0. The highest BCUT2D eigenvalue weighted by molar-refractivity contribution is 5.98. The molecule has 1 atom stereocenters. The number of hydrogen-bond donors (Lipinski definition) is 4. The number of primary amides is 1. The van der Waals surface area contributed by atoms with Gasteiger partial charge < -0.3 is 21.3 Å². The van der Waals surface area contributed by atoms with Gasteiger partial charge in [0.25, 0.3) is 5.91 Å². The summed E-state index contributed by atoms with van der Waals surface area (Å²) in [7, 11) is 0. The van der Waals surface area contributed by atoms with Gasteiger partial charge in [-0.2, -0.15) is 0 Å². The van der Waals surface area contributed by atoms with Crippen LogP contribution in [0.2, 0.25) is 0 Å². The molecule has 1 rings (SSSR count). The maximum Gasteiger partial charge on any atom is 0.326 e. The summed E-state index contributed by atoms with van der Waals surface area (Å²) in [6, 6.07) is 1.34. The lowest BCUT2D eigenvalue weighted by Crippen LogP contribution is -2.41. The van der Waals surface area contributed by atoms with Crippen LogP contribution in [-0.4, -0.2) is 34.0 Å². The first-order valence-electron chi connectivity index (χ1n) is 5.61. The molecular weight excluding hydrogens is 271 g/mol. The van der Waals surface area contributed by atoms with Crippen LogP contribution in [0.5, 0.6) is 5.75 Å². The van der Waals surface area contributed by atoms with Crippen LogP contribution >= 0.6 is 0 Å². The molecule has 0 aliphatic rings. The Balaban J connectivity index is 2.82. The molecule has 0 heterocycles. The van der Waals surface area contributed by atoms with E-state index in [9.17, 15) is 23.9 Å². The number of nitrogens with one attached hydrogen (secondary N) is 1. The molecule has 1 aromatic carbocycles. The first-order valence-corrected chi connectivity index (χ1v) is 5.61. The Bertz CT molecular complexity index is 547. The van der Waals surface area contributed by atoms with Gasteiger partial charge in [-0.3, -0.25) is 9.59 Å². The molecule has 0 unspecified atom stereocenters. The third-order valence-corrected chi connectivity index (χ3v) is 2.49. The molecule has 8 heteroatoms. The lowest BCUT2D eigenvalue weighted by Gasteiger charge is -2.14. The van der Waals surface area contributed by atoms with Gasteiger partial charge in [-0.05, 0) is 24.6 Å². The zero-order valence-electron chi connectivity index (χ0n) is 10.3. The topological polar surface area (TPSA) is 130 Å². The van der Waals surface area contributed by atoms with Crippen LogP contribution in [0.4, 0.5) is 4.39 Å². The minimum absolute atomic E-state index is 0.202. The molecule has 0 saturated heterocycles. The third-order valence-electron chi connectivity index (χ3n) is 2.49. The summed E-state index contributed by atoms with van der Waals surface area (Å²) in [5.41, 5.74) is 4.50. The number of hydrogen-bond acceptors (Lipinski definition) is 4. The zero-order chi connectivity index (χ0) is 15.3. The molecule has 1 aromatic rings. The monoisotopic (exact) mass is 284 g/mol. The molecule has 0 saturated carbocycles. The van der Waals surface area contributed by atoms with E-state index in [0.29, 0.717) is 0 Å². The van der Waals surface area contributed by atoms with Crippen molar-refractivity contribution in [1.29, 1.82) is 0 Å². The normalized spacial score (nSPS) is 11.7. The number of amides is 2. The van der Waals surface area contributed by atoms with E-state index in [1.54, 1.807) is 0 Å². The van der Waals surface area contributed by atoms with Gasteiger partial charge in [-0.25, -0.2) is 9.18 Å². The molecule has 0 aliphatic carbocycles. The standard InChI is InChI=1S/C12H13FN2O5/c13-6-1-3-9(16)7(5-6)11(18)15-8(12(19)20)2-4-10(14)17/h1,3,5,8,16H,2,4H2,(H2,14,17)(H,15,18)(H,19,20)/t8-/m1/s1. The van der Waals surface area contributed by atoms with Gasteiger partial charge in [0, 0.05) is 6.42 Å². The second kappa shape index (κ2) is 6.50. The highest BCUT2D eigenvalue weighted by Gasteiger charge is 2.22. The highest BCUT2D eigenvalue weighted by atomic mass is 19.1. The maximum absolute atomic E-state index is 13.0. The predicted molar refractivity (Wildman–Crippen MR) is 65.4 cm³/mol. The predicted octanol–water partition coefficient (Wildman–Crippen LogP) is -0.0202. The molecule has 0 fully saturated rings. The maximum atomic E-state index is 13.0. The van der Waals surface area contributed by atoms with Gasteiger partial charge in [0.1, 0.15) is 17.6 Å². The van der Waals surface area contributed by atoms with Crippen LogP contribution < -0.4 is 11.1 Å². The fourth-order valence-corrected chi connectivity index (χ4v) is 1.47. The van der Waals surface area contributed by atoms with Gasteiger partial charge in [0.05, 0.1) is 5.56 Å². The van der Waals surface area contributed by atoms with Gasteiger partial charge in [0.2, 0.25) is 5.91 Å². The van der Waals surface area contributed by atoms with Crippen molar-refractivity contribution >= 4 is 17.8 Å². The quantitative estimate of drug-likeness (QED) is 0.583. The van der Waals surface area contributed by atoms with Crippen LogP contribution in [-0.2, 0) is 9.59 Å². The second-order valence-electron chi connectivity index (χ2n) is 4.03. The van der Waals surface area contributed by atoms with E-state index in [4.69, 9.17) is 10.8 Å². The second-order valence-corrected chi connectivity index (χ2v) is 4.03. The molecule has 2 amide bonds. The Hall–Kier alpha value is -2.64. The van der Waals surface area contributed by atoms with Crippen molar-refractivity contribution in [3.8, 4) is 5.75 Å². The van der Waals surface area contributed by atoms with Crippen LogP contribution in [0.15, 0.2) is 18.2 Å². The number of halogens is 1. The Morgan fingerprint density at radius 3 is 2.55 bits per heavy atom. The lowest BCUT2D eigenvalue weighted by atomic mass is 10.1. The summed E-state index contributed by atoms with van der Waals surface area (Å²) in [4.78, 5) is 33.3. The van der Waals surface area contributed by atoms with Gasteiger partial charge in [0.15, 0.2) is 0 Å². The fraction of sp³-hybridized carbons (Fsp3) is 0.250. The van der Waals surface area contributed by atoms with Crippen molar-refractivity contribution < 1.29 is 29.0 Å². The first-order chi connectivity index (χ1) is 9.31. The molecule has 7 nitrogen and oxygen atoms in total. The van der Waals surface area contributed by atoms with E-state index in [0.717, 1.165) is 18.2 Å². The number of nitrogens with two attached hydrogens (primary N) is 1. The Kier molecular flexibility index (Phi) is 5.01. The lowest BCUT2D eigenvalue weighted by molar-refractivity contribution is -0.139. The summed E-state index contributed by atoms with van der Waals surface area (Å²) in [5, 5.41) is 20.4. The van der Waals surface area contributed by atoms with Crippen molar-refractivity contribution in [2.75, 3.05) is 0 Å². The summed E-state index contributed by atoms with van der Waals surface area (Å²) >= 11 is 0. The number of phenols is 1. The van der Waals surface area contributed by atoms with Crippen molar-refractivity contribution in [2.24, 2.45) is 5.73 Å². The molecular formula is C12H13FN2O5. The largest absolute Gasteiger partial charge is 0.507 e. The molecule has 0 aliphatic heterocycles. The van der Waals surface area contributed by atoms with Crippen LogP contribution in [0.25, 0.3) is 0 Å². The number of carboxylic acid groups (broad SMARTS) is 1. The number of phenolic OH excluding ortho intramolecular Hbond substituents is 1. The van der Waals surface area contributed by atoms with E-state index in [1.165, 1.54) is 0 Å². The third kappa shape index (κ3) is 4.23. The Morgan fingerprint density at radius 2 is 2.00 bits per heavy atom. The molecule has 0 radical (unpaired) electrons. The summed E-state index contributed by atoms with van der Waals surface area (Å²) in [6.45, 7) is 0. The molecule has 108 valence electrons. The minimum atomic E-state index is -1.37. The molecule has 5 N–H and O–H groups in total. The van der Waals surface area contributed by atoms with E-state index in [1.807, 2.05) is 0 Å². The Morgan fingerprint density at radius 1 is 1.35 bits per heavy atom. The van der Waals surface area contributed by atoms with Gasteiger partial charge in [-0.1, -0.05) is 0 Å². The highest BCUT2D eigenvalue weighted by Crippen LogP contribution is 2.18. The fourth-order valence-electron chi connectivity index (χ4n) is 1.47. The van der Waals surface area contributed by atoms with Crippen molar-refractivity contribution in [3.05, 3.63) is 29.6 Å². The van der Waals surface area contributed by atoms with Crippen molar-refractivity contribution in [2.45, 2.75) is 18.9 Å². The van der Waals surface area contributed by atoms with Gasteiger partial charge >= 0.3 is 5.97 Å². The van der Waals surface area contributed by atoms with E-state index < -0.39 is 41.0 Å². The van der Waals surface area contributed by atoms with Crippen LogP contribution in [0.3, 0.4) is 0 Å².